The minimum Gasteiger partial charge on any atom is -0.247 e. The van der Waals surface area contributed by atoms with E-state index in [-0.39, 0.29) is 0 Å². The SMILES string of the molecule is c1ccc(-c2nc(-c3ccccc3)nc(-c3ccc(-c4cc5ccccc5cc4-c4ccc(-c5nc6ccccc6c6c(-c7ccccc7)cccc56)cc4)cc3)n2)cc1. The molecule has 0 fully saturated rings. The van der Waals surface area contributed by atoms with Crippen molar-refractivity contribution in [3.05, 3.63) is 218 Å². The number of hydrogen-bond donors (Lipinski definition) is 0. The molecule has 4 heteroatoms. The molecule has 2 aromatic heterocycles. The number of hydrogen-bond acceptors (Lipinski definition) is 4. The molecule has 9 aromatic carbocycles. The molecule has 60 heavy (non-hydrogen) atoms. The number of nitrogens with zero attached hydrogens (tertiary/aromatic N) is 4. The average Bonchev–Trinajstić information content (AvgIpc) is 3.34. The van der Waals surface area contributed by atoms with Crippen LogP contribution in [0.5, 0.6) is 0 Å². The normalized spacial score (nSPS) is 11.3. The summed E-state index contributed by atoms with van der Waals surface area (Å²) in [6.45, 7) is 0. The average molecular weight is 765 g/mol. The number of rotatable bonds is 7. The van der Waals surface area contributed by atoms with Crippen molar-refractivity contribution >= 4 is 32.4 Å². The minimum absolute atomic E-state index is 0.634. The third kappa shape index (κ3) is 6.47. The van der Waals surface area contributed by atoms with Crippen molar-refractivity contribution in [2.24, 2.45) is 0 Å². The molecular formula is C56H36N4. The van der Waals surface area contributed by atoms with Gasteiger partial charge in [-0.3, -0.25) is 0 Å². The van der Waals surface area contributed by atoms with Crippen LogP contribution in [0, 0.1) is 0 Å². The van der Waals surface area contributed by atoms with Crippen molar-refractivity contribution in [1.82, 2.24) is 19.9 Å². The van der Waals surface area contributed by atoms with E-state index < -0.39 is 0 Å². The number of aromatic nitrogens is 4. The number of pyridine rings is 1. The Labute approximate surface area is 348 Å². The van der Waals surface area contributed by atoms with Gasteiger partial charge in [-0.2, -0.15) is 0 Å². The van der Waals surface area contributed by atoms with Gasteiger partial charge < -0.3 is 0 Å². The van der Waals surface area contributed by atoms with Crippen molar-refractivity contribution in [3.8, 4) is 78.8 Å². The van der Waals surface area contributed by atoms with Crippen molar-refractivity contribution in [2.75, 3.05) is 0 Å². The molecule has 0 amide bonds. The van der Waals surface area contributed by atoms with Gasteiger partial charge in [-0.1, -0.05) is 200 Å². The molecule has 280 valence electrons. The van der Waals surface area contributed by atoms with Gasteiger partial charge in [0.05, 0.1) is 11.2 Å². The quantitative estimate of drug-likeness (QED) is 0.152. The molecule has 0 saturated carbocycles. The topological polar surface area (TPSA) is 51.6 Å². The van der Waals surface area contributed by atoms with Crippen LogP contribution < -0.4 is 0 Å². The van der Waals surface area contributed by atoms with Crippen LogP contribution >= 0.6 is 0 Å². The monoisotopic (exact) mass is 764 g/mol. The van der Waals surface area contributed by atoms with Gasteiger partial charge in [-0.05, 0) is 62.4 Å². The molecule has 0 aliphatic carbocycles. The molecule has 0 atom stereocenters. The lowest BCUT2D eigenvalue weighted by atomic mass is 9.90. The molecule has 2 heterocycles. The van der Waals surface area contributed by atoms with Crippen LogP contribution in [0.4, 0.5) is 0 Å². The summed E-state index contributed by atoms with van der Waals surface area (Å²) in [5, 5.41) is 5.90. The second-order valence-electron chi connectivity index (χ2n) is 15.0. The summed E-state index contributed by atoms with van der Waals surface area (Å²) in [7, 11) is 0. The maximum Gasteiger partial charge on any atom is 0.164 e. The Kier molecular flexibility index (Phi) is 8.79. The van der Waals surface area contributed by atoms with Gasteiger partial charge in [0.2, 0.25) is 0 Å². The van der Waals surface area contributed by atoms with Crippen LogP contribution in [-0.2, 0) is 0 Å². The van der Waals surface area contributed by atoms with Gasteiger partial charge in [0.1, 0.15) is 0 Å². The fraction of sp³-hybridized carbons (Fsp3) is 0. The molecule has 0 aliphatic heterocycles. The van der Waals surface area contributed by atoms with Gasteiger partial charge in [0.15, 0.2) is 17.5 Å². The summed E-state index contributed by atoms with van der Waals surface area (Å²) in [5.74, 6) is 1.92. The molecule has 4 nitrogen and oxygen atoms in total. The molecule has 0 saturated heterocycles. The first-order chi connectivity index (χ1) is 29.7. The summed E-state index contributed by atoms with van der Waals surface area (Å²) in [5.41, 5.74) is 12.8. The molecule has 11 rings (SSSR count). The lowest BCUT2D eigenvalue weighted by Crippen LogP contribution is -2.00. The standard InChI is InChI=1S/C56H36N4/c1-4-15-37(16-5-1)46-24-14-25-48-52(46)47-23-12-13-26-51(47)57-53(48)40-31-27-38(28-32-40)49-35-44-21-10-11-22-45(44)36-50(49)39-29-33-43(34-30-39)56-59-54(41-17-6-2-7-18-41)58-55(60-56)42-19-8-3-9-20-42/h1-36H. The fourth-order valence-corrected chi connectivity index (χ4v) is 8.34. The first-order valence-electron chi connectivity index (χ1n) is 20.2. The Balaban J connectivity index is 1.00. The Morgan fingerprint density at radius 1 is 0.250 bits per heavy atom. The van der Waals surface area contributed by atoms with Crippen LogP contribution in [0.3, 0.4) is 0 Å². The summed E-state index contributed by atoms with van der Waals surface area (Å²) < 4.78 is 0. The largest absolute Gasteiger partial charge is 0.247 e. The first kappa shape index (κ1) is 35.1. The Morgan fingerprint density at radius 2 is 0.650 bits per heavy atom. The van der Waals surface area contributed by atoms with Crippen LogP contribution in [0.1, 0.15) is 0 Å². The number of benzene rings is 9. The van der Waals surface area contributed by atoms with Crippen molar-refractivity contribution in [1.29, 1.82) is 0 Å². The van der Waals surface area contributed by atoms with Crippen LogP contribution in [0.15, 0.2) is 218 Å². The molecule has 0 bridgehead atoms. The lowest BCUT2D eigenvalue weighted by molar-refractivity contribution is 1.07. The van der Waals surface area contributed by atoms with Crippen molar-refractivity contribution < 1.29 is 0 Å². The maximum atomic E-state index is 5.28. The smallest absolute Gasteiger partial charge is 0.164 e. The highest BCUT2D eigenvalue weighted by atomic mass is 15.0. The predicted molar refractivity (Wildman–Crippen MR) is 248 cm³/mol. The summed E-state index contributed by atoms with van der Waals surface area (Å²) in [6, 6.07) is 76.6. The molecule has 0 spiro atoms. The van der Waals surface area contributed by atoms with Crippen LogP contribution in [0.2, 0.25) is 0 Å². The second-order valence-corrected chi connectivity index (χ2v) is 15.0. The van der Waals surface area contributed by atoms with Gasteiger partial charge >= 0.3 is 0 Å². The van der Waals surface area contributed by atoms with Crippen molar-refractivity contribution in [3.63, 3.8) is 0 Å². The van der Waals surface area contributed by atoms with Crippen molar-refractivity contribution in [2.45, 2.75) is 0 Å². The van der Waals surface area contributed by atoms with Crippen LogP contribution in [-0.4, -0.2) is 19.9 Å². The minimum atomic E-state index is 0.634. The Hall–Kier alpha value is -8.08. The van der Waals surface area contributed by atoms with E-state index >= 15 is 0 Å². The summed E-state index contributed by atoms with van der Waals surface area (Å²) in [6.07, 6.45) is 0. The third-order valence-corrected chi connectivity index (χ3v) is 11.3. The van der Waals surface area contributed by atoms with Gasteiger partial charge in [0, 0.05) is 38.4 Å². The molecular weight excluding hydrogens is 729 g/mol. The lowest BCUT2D eigenvalue weighted by Gasteiger charge is -2.16. The second kappa shape index (κ2) is 15.0. The first-order valence-corrected chi connectivity index (χ1v) is 20.2. The highest BCUT2D eigenvalue weighted by Crippen LogP contribution is 2.41. The molecule has 0 radical (unpaired) electrons. The van der Waals surface area contributed by atoms with E-state index in [2.05, 4.69) is 158 Å². The van der Waals surface area contributed by atoms with Crippen LogP contribution in [0.25, 0.3) is 111 Å². The molecule has 11 aromatic rings. The zero-order valence-corrected chi connectivity index (χ0v) is 32.6. The summed E-state index contributed by atoms with van der Waals surface area (Å²) in [4.78, 5) is 20.1. The van der Waals surface area contributed by atoms with E-state index in [9.17, 15) is 0 Å². The highest BCUT2D eigenvalue weighted by Gasteiger charge is 2.17. The van der Waals surface area contributed by atoms with E-state index in [1.165, 1.54) is 27.3 Å². The van der Waals surface area contributed by atoms with Gasteiger partial charge in [0.25, 0.3) is 0 Å². The van der Waals surface area contributed by atoms with E-state index in [1.807, 2.05) is 60.7 Å². The molecule has 0 N–H and O–H groups in total. The van der Waals surface area contributed by atoms with E-state index in [4.69, 9.17) is 19.9 Å². The highest BCUT2D eigenvalue weighted by molar-refractivity contribution is 6.17. The van der Waals surface area contributed by atoms with E-state index in [0.29, 0.717) is 17.5 Å². The Morgan fingerprint density at radius 3 is 1.20 bits per heavy atom. The summed E-state index contributed by atoms with van der Waals surface area (Å²) >= 11 is 0. The number of para-hydroxylation sites is 1. The molecule has 0 aliphatic rings. The number of fused-ring (bicyclic) bond motifs is 4. The molecule has 0 unspecified atom stereocenters. The zero-order valence-electron chi connectivity index (χ0n) is 32.6. The Bertz CT molecular complexity index is 3270. The van der Waals surface area contributed by atoms with Gasteiger partial charge in [-0.25, -0.2) is 19.9 Å². The maximum absolute atomic E-state index is 5.28. The zero-order chi connectivity index (χ0) is 39.8. The third-order valence-electron chi connectivity index (χ3n) is 11.3. The van der Waals surface area contributed by atoms with E-state index in [0.717, 1.165) is 66.5 Å². The fourth-order valence-electron chi connectivity index (χ4n) is 8.34. The van der Waals surface area contributed by atoms with E-state index in [1.54, 1.807) is 0 Å². The van der Waals surface area contributed by atoms with Gasteiger partial charge in [-0.15, -0.1) is 0 Å². The predicted octanol–water partition coefficient (Wildman–Crippen LogP) is 14.4.